The Labute approximate surface area is 30.8 Å². The smallest absolute Gasteiger partial charge is 0.0554 e. The molecule has 1 aliphatic rings. The third-order valence-corrected chi connectivity index (χ3v) is 0.567. The van der Waals surface area contributed by atoms with Crippen molar-refractivity contribution in [3.63, 3.8) is 0 Å². The van der Waals surface area contributed by atoms with Crippen LogP contribution >= 0.6 is 0 Å². The van der Waals surface area contributed by atoms with E-state index in [4.69, 9.17) is 0 Å². The van der Waals surface area contributed by atoms with Gasteiger partial charge in [0.1, 0.15) is 0 Å². The van der Waals surface area contributed by atoms with E-state index >= 15 is 0 Å². The molecule has 0 saturated carbocycles. The van der Waals surface area contributed by atoms with E-state index in [1.165, 1.54) is 0 Å². The number of hydrogen-bond donors (Lipinski definition) is 2. The van der Waals surface area contributed by atoms with Crippen LogP contribution in [0.3, 0.4) is 0 Å². The Hall–Kier alpha value is -0.500. The lowest BCUT2D eigenvalue weighted by Gasteiger charge is -2.18. The third kappa shape index (κ3) is 0.260. The van der Waals surface area contributed by atoms with Crippen molar-refractivity contribution < 1.29 is 0 Å². The normalized spacial score (nSPS) is 20.4. The van der Waals surface area contributed by atoms with Gasteiger partial charge in [-0.2, -0.15) is 0 Å². The van der Waals surface area contributed by atoms with Gasteiger partial charge in [-0.25, -0.2) is 5.43 Å². The van der Waals surface area contributed by atoms with Crippen molar-refractivity contribution in [2.75, 3.05) is 6.54 Å². The largest absolute Gasteiger partial charge is 0.324 e. The van der Waals surface area contributed by atoms with Crippen LogP contribution in [0.25, 0.3) is 0 Å². The van der Waals surface area contributed by atoms with E-state index in [0.29, 0.717) is 0 Å². The molecule has 2 heteroatoms. The summed E-state index contributed by atoms with van der Waals surface area (Å²) in [5.74, 6) is 0. The Morgan fingerprint density at radius 3 is 2.20 bits per heavy atom. The second kappa shape index (κ2) is 0.723. The quantitative estimate of drug-likeness (QED) is 0.405. The van der Waals surface area contributed by atoms with Gasteiger partial charge in [0, 0.05) is 5.70 Å². The maximum absolute atomic E-state index is 3.59. The van der Waals surface area contributed by atoms with Gasteiger partial charge >= 0.3 is 0 Å². The Kier molecular flexibility index (Phi) is 0.394. The highest BCUT2D eigenvalue weighted by Gasteiger charge is 1.97. The summed E-state index contributed by atoms with van der Waals surface area (Å²) < 4.78 is 0. The van der Waals surface area contributed by atoms with Crippen LogP contribution in [-0.4, -0.2) is 6.54 Å². The first-order chi connectivity index (χ1) is 2.39. The Balaban J connectivity index is 2.32. The van der Waals surface area contributed by atoms with Gasteiger partial charge < -0.3 is 5.43 Å². The van der Waals surface area contributed by atoms with Gasteiger partial charge in [0.15, 0.2) is 0 Å². The zero-order chi connectivity index (χ0) is 3.70. The van der Waals surface area contributed by atoms with Gasteiger partial charge in [0.2, 0.25) is 0 Å². The number of hydrogen-bond acceptors (Lipinski definition) is 2. The molecular weight excluding hydrogens is 64.0 g/mol. The van der Waals surface area contributed by atoms with E-state index < -0.39 is 0 Å². The monoisotopic (exact) mass is 70.1 g/mol. The summed E-state index contributed by atoms with van der Waals surface area (Å²) in [4.78, 5) is 0. The van der Waals surface area contributed by atoms with E-state index in [0.717, 1.165) is 12.2 Å². The Morgan fingerprint density at radius 1 is 1.80 bits per heavy atom. The van der Waals surface area contributed by atoms with Crippen LogP contribution in [0, 0.1) is 0 Å². The van der Waals surface area contributed by atoms with Crippen LogP contribution in [0.5, 0.6) is 0 Å². The van der Waals surface area contributed by atoms with Crippen molar-refractivity contribution in [2.24, 2.45) is 0 Å². The topological polar surface area (TPSA) is 24.1 Å². The van der Waals surface area contributed by atoms with Crippen LogP contribution in [0.15, 0.2) is 12.3 Å². The van der Waals surface area contributed by atoms with Gasteiger partial charge in [0.05, 0.1) is 6.54 Å². The maximum atomic E-state index is 3.59. The summed E-state index contributed by atoms with van der Waals surface area (Å²) in [5.41, 5.74) is 6.65. The summed E-state index contributed by atoms with van der Waals surface area (Å²) in [7, 11) is 0. The Bertz CT molecular complexity index is 51.9. The van der Waals surface area contributed by atoms with Crippen molar-refractivity contribution in [1.29, 1.82) is 0 Å². The Morgan fingerprint density at radius 2 is 2.20 bits per heavy atom. The third-order valence-electron chi connectivity index (χ3n) is 0.567. The highest BCUT2D eigenvalue weighted by Crippen LogP contribution is 1.82. The summed E-state index contributed by atoms with van der Waals surface area (Å²) >= 11 is 0. The van der Waals surface area contributed by atoms with Crippen LogP contribution in [0.1, 0.15) is 0 Å². The summed E-state index contributed by atoms with van der Waals surface area (Å²) in [6.07, 6.45) is 0. The minimum atomic E-state index is 0.931. The van der Waals surface area contributed by atoms with Gasteiger partial charge in [-0.15, -0.1) is 0 Å². The number of hydrazine groups is 1. The van der Waals surface area contributed by atoms with Gasteiger partial charge in [0.25, 0.3) is 0 Å². The summed E-state index contributed by atoms with van der Waals surface area (Å²) in [6.45, 7) is 4.52. The molecule has 2 nitrogen and oxygen atoms in total. The molecule has 2 N–H and O–H groups in total. The predicted molar refractivity (Wildman–Crippen MR) is 20.3 cm³/mol. The second-order valence-corrected chi connectivity index (χ2v) is 1.08. The molecule has 1 saturated heterocycles. The molecule has 0 aromatic heterocycles. The predicted octanol–water partition coefficient (Wildman–Crippen LogP) is -0.392. The van der Waals surface area contributed by atoms with Crippen LogP contribution < -0.4 is 10.9 Å². The molecule has 0 bridgehead atoms. The molecule has 28 valence electrons. The zero-order valence-electron chi connectivity index (χ0n) is 2.91. The molecule has 0 atom stereocenters. The molecule has 0 radical (unpaired) electrons. The van der Waals surface area contributed by atoms with E-state index in [1.54, 1.807) is 0 Å². The van der Waals surface area contributed by atoms with Crippen molar-refractivity contribution in [3.8, 4) is 0 Å². The van der Waals surface area contributed by atoms with Gasteiger partial charge in [-0.1, -0.05) is 6.58 Å². The molecule has 0 aromatic rings. The lowest BCUT2D eigenvalue weighted by molar-refractivity contribution is 0.512. The van der Waals surface area contributed by atoms with Gasteiger partial charge in [-0.3, -0.25) is 0 Å². The molecule has 1 heterocycles. The van der Waals surface area contributed by atoms with Gasteiger partial charge in [-0.05, 0) is 0 Å². The van der Waals surface area contributed by atoms with E-state index in [1.807, 2.05) is 0 Å². The summed E-state index contributed by atoms with van der Waals surface area (Å²) in [5, 5.41) is 0. The summed E-state index contributed by atoms with van der Waals surface area (Å²) in [6, 6.07) is 0. The van der Waals surface area contributed by atoms with Crippen LogP contribution in [0.4, 0.5) is 0 Å². The lowest BCUT2D eigenvalue weighted by Crippen LogP contribution is -2.46. The first-order valence-corrected chi connectivity index (χ1v) is 1.56. The van der Waals surface area contributed by atoms with Crippen LogP contribution in [0.2, 0.25) is 0 Å². The fraction of sp³-hybridized carbons (Fsp3) is 0.333. The molecule has 0 amide bonds. The number of nitrogens with one attached hydrogen (secondary N) is 2. The van der Waals surface area contributed by atoms with E-state index in [-0.39, 0.29) is 0 Å². The average Bonchev–Trinajstić information content (AvgIpc) is 1.30. The fourth-order valence-corrected chi connectivity index (χ4v) is 0.213. The van der Waals surface area contributed by atoms with Crippen molar-refractivity contribution >= 4 is 0 Å². The van der Waals surface area contributed by atoms with E-state index in [9.17, 15) is 0 Å². The maximum Gasteiger partial charge on any atom is 0.0554 e. The van der Waals surface area contributed by atoms with Crippen molar-refractivity contribution in [2.45, 2.75) is 0 Å². The lowest BCUT2D eigenvalue weighted by atomic mass is 10.4. The van der Waals surface area contributed by atoms with Crippen molar-refractivity contribution in [3.05, 3.63) is 12.3 Å². The standard InChI is InChI=1S/C3H6N2/c1-3-2-4-5-3/h4-5H,1-2H2. The molecule has 0 unspecified atom stereocenters. The molecule has 1 aliphatic heterocycles. The molecule has 1 rings (SSSR count). The highest BCUT2D eigenvalue weighted by molar-refractivity contribution is 4.98. The minimum Gasteiger partial charge on any atom is -0.324 e. The van der Waals surface area contributed by atoms with Crippen LogP contribution in [-0.2, 0) is 0 Å². The molecule has 5 heavy (non-hydrogen) atoms. The van der Waals surface area contributed by atoms with E-state index in [2.05, 4.69) is 17.4 Å². The molecular formula is C3H6N2. The molecule has 1 fully saturated rings. The number of rotatable bonds is 0. The second-order valence-electron chi connectivity index (χ2n) is 1.08. The average molecular weight is 70.1 g/mol. The molecule has 0 spiro atoms. The molecule has 0 aromatic carbocycles. The first kappa shape index (κ1) is 2.72. The zero-order valence-corrected chi connectivity index (χ0v) is 2.91. The molecule has 0 aliphatic carbocycles. The first-order valence-electron chi connectivity index (χ1n) is 1.56. The highest BCUT2D eigenvalue weighted by atomic mass is 15.4. The fourth-order valence-electron chi connectivity index (χ4n) is 0.213. The minimum absolute atomic E-state index is 0.931. The SMILES string of the molecule is C=C1CNN1. The van der Waals surface area contributed by atoms with Crippen molar-refractivity contribution in [1.82, 2.24) is 10.9 Å².